The Hall–Kier alpha value is -1.18. The van der Waals surface area contributed by atoms with Gasteiger partial charge in [-0.2, -0.15) is 0 Å². The van der Waals surface area contributed by atoms with Crippen LogP contribution in [-0.2, 0) is 23.2 Å². The van der Waals surface area contributed by atoms with Crippen molar-refractivity contribution in [2.75, 3.05) is 0 Å². The zero-order chi connectivity index (χ0) is 35.9. The molecule has 0 aromatic carbocycles. The Kier molecular flexibility index (Phi) is 15.3. The molecular weight excluding hydrogens is 653 g/mol. The highest BCUT2D eigenvalue weighted by Gasteiger charge is 2.49. The lowest BCUT2D eigenvalue weighted by Gasteiger charge is -2.44. The minimum Gasteiger partial charge on any atom is -0.458 e. The fraction of sp³-hybridized carbons (Fsp3) is 0.816. The van der Waals surface area contributed by atoms with E-state index < -0.39 is 28.2 Å². The van der Waals surface area contributed by atoms with E-state index in [4.69, 9.17) is 13.6 Å². The molecular formula is C38H68N2O5SSi2. The summed E-state index contributed by atoms with van der Waals surface area (Å²) < 4.78 is 20.7. The molecule has 3 heterocycles. The van der Waals surface area contributed by atoms with E-state index in [0.29, 0.717) is 12.1 Å². The number of aryl methyl sites for hydroxylation is 1. The summed E-state index contributed by atoms with van der Waals surface area (Å²) in [5, 5.41) is 6.74. The van der Waals surface area contributed by atoms with Crippen molar-refractivity contribution in [3.63, 3.8) is 0 Å². The Balaban J connectivity index is 2.05. The molecule has 7 atom stereocenters. The zero-order valence-corrected chi connectivity index (χ0v) is 35.2. The maximum atomic E-state index is 14.9. The molecule has 0 unspecified atom stereocenters. The molecule has 2 saturated heterocycles. The number of carbonyl (C=O) groups is 2. The summed E-state index contributed by atoms with van der Waals surface area (Å²) in [5.74, 6) is -0.224. The summed E-state index contributed by atoms with van der Waals surface area (Å²) in [5.41, 5.74) is 0.995. The van der Waals surface area contributed by atoms with Crippen LogP contribution in [0.5, 0.6) is 0 Å². The lowest BCUT2D eigenvalue weighted by molar-refractivity contribution is -0.153. The standard InChI is InChI=1S/C38H68N2O5SSi2/c1-13-47(14-2,15-3)44-34-24-35(41)43-33(27(8)22-30-25-46-29(10)39-30)23-32-31(40-32)21-19-20-26(7)36(28(9)37(42)38(34,11)12)45-48(16-4,17-5)18-6/h22,25-26,28,31-34,36,40H,13-21,23-24H2,1-12H3/t26-,28+,31+,32+,33-,34-,36-/m1/s1. The van der Waals surface area contributed by atoms with E-state index in [1.54, 1.807) is 11.3 Å². The van der Waals surface area contributed by atoms with Crippen LogP contribution >= 0.6 is 11.3 Å². The smallest absolute Gasteiger partial charge is 0.309 e. The Morgan fingerprint density at radius 3 is 2.10 bits per heavy atom. The third-order valence-electron chi connectivity index (χ3n) is 12.1. The van der Waals surface area contributed by atoms with Gasteiger partial charge >= 0.3 is 5.97 Å². The molecule has 0 aliphatic carbocycles. The first kappa shape index (κ1) is 41.2. The van der Waals surface area contributed by atoms with Gasteiger partial charge in [-0.3, -0.25) is 9.59 Å². The second-order valence-electron chi connectivity index (χ2n) is 15.4. The number of cyclic esters (lactones) is 1. The third-order valence-corrected chi connectivity index (χ3v) is 22.2. The number of ketones is 1. The number of fused-ring (bicyclic) bond motifs is 1. The number of Topliss-reactive ketones (excluding diaryl/α,β-unsaturated/α-hetero) is 1. The number of esters is 1. The maximum Gasteiger partial charge on any atom is 0.309 e. The van der Waals surface area contributed by atoms with Crippen molar-refractivity contribution in [1.82, 2.24) is 10.3 Å². The fourth-order valence-corrected chi connectivity index (χ4v) is 14.5. The van der Waals surface area contributed by atoms with Crippen LogP contribution in [0.1, 0.15) is 119 Å². The molecule has 1 aromatic heterocycles. The van der Waals surface area contributed by atoms with E-state index in [9.17, 15) is 9.59 Å². The van der Waals surface area contributed by atoms with Crippen molar-refractivity contribution < 1.29 is 23.2 Å². The van der Waals surface area contributed by atoms with Crippen molar-refractivity contribution in [3.05, 3.63) is 21.7 Å². The predicted octanol–water partition coefficient (Wildman–Crippen LogP) is 9.72. The Labute approximate surface area is 299 Å². The van der Waals surface area contributed by atoms with Crippen LogP contribution in [0.15, 0.2) is 11.0 Å². The highest BCUT2D eigenvalue weighted by Crippen LogP contribution is 2.40. The molecule has 274 valence electrons. The van der Waals surface area contributed by atoms with Gasteiger partial charge in [0.25, 0.3) is 0 Å². The van der Waals surface area contributed by atoms with Crippen LogP contribution in [0.2, 0.25) is 36.3 Å². The molecule has 2 fully saturated rings. The Morgan fingerprint density at radius 1 is 0.979 bits per heavy atom. The molecule has 0 radical (unpaired) electrons. The molecule has 48 heavy (non-hydrogen) atoms. The molecule has 2 aliphatic heterocycles. The summed E-state index contributed by atoms with van der Waals surface area (Å²) in [6.07, 6.45) is 4.90. The van der Waals surface area contributed by atoms with Crippen LogP contribution in [0.3, 0.4) is 0 Å². The predicted molar refractivity (Wildman–Crippen MR) is 205 cm³/mol. The molecule has 2 aliphatic rings. The van der Waals surface area contributed by atoms with Crippen molar-refractivity contribution >= 4 is 45.8 Å². The first-order chi connectivity index (χ1) is 22.6. The maximum absolute atomic E-state index is 14.9. The summed E-state index contributed by atoms with van der Waals surface area (Å²) in [7, 11) is -4.18. The lowest BCUT2D eigenvalue weighted by Crippen LogP contribution is -2.53. The molecule has 0 saturated carbocycles. The minimum absolute atomic E-state index is 0.0555. The van der Waals surface area contributed by atoms with Crippen LogP contribution < -0.4 is 5.32 Å². The third kappa shape index (κ3) is 10.2. The molecule has 0 bridgehead atoms. The quantitative estimate of drug-likeness (QED) is 0.130. The highest BCUT2D eigenvalue weighted by molar-refractivity contribution is 7.09. The van der Waals surface area contributed by atoms with Gasteiger partial charge in [0.15, 0.2) is 16.6 Å². The molecule has 1 N–H and O–H groups in total. The number of carbonyl (C=O) groups excluding carboxylic acids is 2. The summed E-state index contributed by atoms with van der Waals surface area (Å²) in [6, 6.07) is 6.70. The molecule has 0 spiro atoms. The van der Waals surface area contributed by atoms with Crippen LogP contribution in [-0.4, -0.2) is 63.8 Å². The SMILES string of the molecule is CC[Si](CC)(CC)O[C@@H]1[C@H](C)CCC[C@@H]2N[C@H]2C[C@H](C(C)=Cc2csc(C)n2)OC(=O)C[C@@H](O[Si](CC)(CC)CC)C(C)(C)C(=O)[C@H]1C. The van der Waals surface area contributed by atoms with Crippen LogP contribution in [0.4, 0.5) is 0 Å². The Bertz CT molecular complexity index is 1210. The normalized spacial score (nSPS) is 29.8. The van der Waals surface area contributed by atoms with Gasteiger partial charge in [-0.15, -0.1) is 11.3 Å². The zero-order valence-electron chi connectivity index (χ0n) is 32.4. The molecule has 0 amide bonds. The molecule has 10 heteroatoms. The van der Waals surface area contributed by atoms with E-state index in [0.717, 1.165) is 78.2 Å². The summed E-state index contributed by atoms with van der Waals surface area (Å²) >= 11 is 1.62. The van der Waals surface area contributed by atoms with Crippen molar-refractivity contribution in [2.24, 2.45) is 17.3 Å². The number of hydrogen-bond donors (Lipinski definition) is 1. The summed E-state index contributed by atoms with van der Waals surface area (Å²) in [6.45, 7) is 25.8. The summed E-state index contributed by atoms with van der Waals surface area (Å²) in [4.78, 5) is 33.5. The molecule has 3 rings (SSSR count). The number of rotatable bonds is 12. The topological polar surface area (TPSA) is 96.7 Å². The van der Waals surface area contributed by atoms with Crippen LogP contribution in [0.25, 0.3) is 6.08 Å². The van der Waals surface area contributed by atoms with Crippen molar-refractivity contribution in [2.45, 2.75) is 182 Å². The van der Waals surface area contributed by atoms with Gasteiger partial charge in [0, 0.05) is 35.2 Å². The minimum atomic E-state index is -2.19. The van der Waals surface area contributed by atoms with Gasteiger partial charge in [-0.05, 0) is 80.5 Å². The molecule has 7 nitrogen and oxygen atoms in total. The highest BCUT2D eigenvalue weighted by atomic mass is 32.1. The second kappa shape index (κ2) is 17.8. The second-order valence-corrected chi connectivity index (χ2v) is 25.9. The van der Waals surface area contributed by atoms with E-state index >= 15 is 0 Å². The van der Waals surface area contributed by atoms with E-state index in [2.05, 4.69) is 71.8 Å². The van der Waals surface area contributed by atoms with Gasteiger partial charge < -0.3 is 18.9 Å². The number of aromatic nitrogens is 1. The van der Waals surface area contributed by atoms with E-state index in [1.807, 2.05) is 33.1 Å². The van der Waals surface area contributed by atoms with E-state index in [1.165, 1.54) is 0 Å². The first-order valence-electron chi connectivity index (χ1n) is 19.1. The van der Waals surface area contributed by atoms with Gasteiger partial charge in [0.2, 0.25) is 0 Å². The van der Waals surface area contributed by atoms with Crippen LogP contribution in [0, 0.1) is 24.2 Å². The molecule has 1 aromatic rings. The number of thiazole rings is 1. The first-order valence-corrected chi connectivity index (χ1v) is 25.0. The van der Waals surface area contributed by atoms with Gasteiger partial charge in [0.1, 0.15) is 11.9 Å². The Morgan fingerprint density at radius 2 is 1.56 bits per heavy atom. The number of nitrogens with zero attached hydrogens (tertiary/aromatic N) is 1. The van der Waals surface area contributed by atoms with E-state index in [-0.39, 0.29) is 42.2 Å². The lowest BCUT2D eigenvalue weighted by atomic mass is 9.73. The van der Waals surface area contributed by atoms with Gasteiger partial charge in [-0.25, -0.2) is 4.98 Å². The number of nitrogens with one attached hydrogen (secondary N) is 1. The van der Waals surface area contributed by atoms with Crippen molar-refractivity contribution in [3.8, 4) is 0 Å². The van der Waals surface area contributed by atoms with Crippen molar-refractivity contribution in [1.29, 1.82) is 0 Å². The van der Waals surface area contributed by atoms with Gasteiger partial charge in [-0.1, -0.05) is 75.7 Å². The largest absolute Gasteiger partial charge is 0.458 e. The fourth-order valence-electron chi connectivity index (χ4n) is 7.89. The van der Waals surface area contributed by atoms with Gasteiger partial charge in [0.05, 0.1) is 29.3 Å². The monoisotopic (exact) mass is 720 g/mol. The average molecular weight is 721 g/mol. The average Bonchev–Trinajstić information content (AvgIpc) is 3.68. The number of ether oxygens (including phenoxy) is 1. The number of hydrogen-bond acceptors (Lipinski definition) is 8.